The topological polar surface area (TPSA) is 70.3 Å². The van der Waals surface area contributed by atoms with E-state index in [-0.39, 0.29) is 12.6 Å². The summed E-state index contributed by atoms with van der Waals surface area (Å²) in [5, 5.41) is 22.1. The number of aryl methyl sites for hydroxylation is 2. The molecule has 5 heteroatoms. The Labute approximate surface area is 125 Å². The van der Waals surface area contributed by atoms with Gasteiger partial charge in [-0.15, -0.1) is 0 Å². The summed E-state index contributed by atoms with van der Waals surface area (Å²) in [4.78, 5) is 4.44. The first-order chi connectivity index (χ1) is 10.0. The predicted octanol–water partition coefficient (Wildman–Crippen LogP) is 1.49. The summed E-state index contributed by atoms with van der Waals surface area (Å²) in [7, 11) is 0. The molecule has 0 radical (unpaired) electrons. The normalized spacial score (nSPS) is 14.1. The lowest BCUT2D eigenvalue weighted by atomic mass is 10.1. The van der Waals surface area contributed by atoms with E-state index >= 15 is 0 Å². The summed E-state index contributed by atoms with van der Waals surface area (Å²) in [6.07, 6.45) is 1.07. The van der Waals surface area contributed by atoms with Gasteiger partial charge in [-0.25, -0.2) is 4.98 Å². The molecule has 0 fully saturated rings. The number of aliphatic hydroxyl groups excluding tert-OH is 2. The molecule has 2 atom stereocenters. The highest BCUT2D eigenvalue weighted by Crippen LogP contribution is 2.17. The van der Waals surface area contributed by atoms with Crippen LogP contribution in [0, 0.1) is 13.8 Å². The predicted molar refractivity (Wildman–Crippen MR) is 82.5 cm³/mol. The molecule has 2 aromatic heterocycles. The Kier molecular flexibility index (Phi) is 5.12. The quantitative estimate of drug-likeness (QED) is 0.753. The third kappa shape index (κ3) is 3.69. The summed E-state index contributed by atoms with van der Waals surface area (Å²) in [5.74, 6) is 0.850. The highest BCUT2D eigenvalue weighted by Gasteiger charge is 2.11. The lowest BCUT2D eigenvalue weighted by Gasteiger charge is -2.16. The molecular weight excluding hydrogens is 266 g/mol. The Hall–Kier alpha value is -1.69. The van der Waals surface area contributed by atoms with Crippen molar-refractivity contribution < 1.29 is 10.2 Å². The van der Waals surface area contributed by atoms with Crippen molar-refractivity contribution in [2.75, 3.05) is 13.2 Å². The summed E-state index contributed by atoms with van der Waals surface area (Å²) in [6, 6.07) is 7.88. The number of aromatic nitrogens is 2. The van der Waals surface area contributed by atoms with Crippen molar-refractivity contribution >= 4 is 0 Å². The third-order valence-corrected chi connectivity index (χ3v) is 3.59. The molecule has 2 aromatic rings. The van der Waals surface area contributed by atoms with E-state index in [1.165, 1.54) is 0 Å². The molecule has 0 saturated carbocycles. The van der Waals surface area contributed by atoms with Crippen LogP contribution in [0.2, 0.25) is 0 Å². The Morgan fingerprint density at radius 3 is 2.38 bits per heavy atom. The molecule has 2 heterocycles. The molecule has 0 spiro atoms. The monoisotopic (exact) mass is 289 g/mol. The molecule has 0 aliphatic heterocycles. The minimum atomic E-state index is -0.632. The molecule has 5 nitrogen and oxygen atoms in total. The van der Waals surface area contributed by atoms with Crippen LogP contribution in [0.15, 0.2) is 30.5 Å². The van der Waals surface area contributed by atoms with Gasteiger partial charge in [0.05, 0.1) is 12.7 Å². The fraction of sp³-hybridized carbons (Fsp3) is 0.438. The van der Waals surface area contributed by atoms with Crippen LogP contribution >= 0.6 is 0 Å². The van der Waals surface area contributed by atoms with Crippen LogP contribution in [0.5, 0.6) is 0 Å². The van der Waals surface area contributed by atoms with Crippen molar-refractivity contribution in [1.29, 1.82) is 0 Å². The second-order valence-corrected chi connectivity index (χ2v) is 5.41. The van der Waals surface area contributed by atoms with Gasteiger partial charge in [-0.2, -0.15) is 0 Å². The van der Waals surface area contributed by atoms with Crippen molar-refractivity contribution in [2.24, 2.45) is 0 Å². The van der Waals surface area contributed by atoms with E-state index in [1.807, 2.05) is 32.9 Å². The van der Waals surface area contributed by atoms with Crippen LogP contribution in [-0.4, -0.2) is 39.0 Å². The average molecular weight is 289 g/mol. The summed E-state index contributed by atoms with van der Waals surface area (Å²) >= 11 is 0. The van der Waals surface area contributed by atoms with Crippen LogP contribution in [0.1, 0.15) is 30.0 Å². The van der Waals surface area contributed by atoms with Gasteiger partial charge in [0, 0.05) is 35.7 Å². The van der Waals surface area contributed by atoms with Gasteiger partial charge in [0.2, 0.25) is 0 Å². The van der Waals surface area contributed by atoms with Crippen molar-refractivity contribution in [1.82, 2.24) is 14.9 Å². The van der Waals surface area contributed by atoms with Crippen molar-refractivity contribution in [3.05, 3.63) is 47.4 Å². The molecule has 114 valence electrons. The van der Waals surface area contributed by atoms with Crippen LogP contribution < -0.4 is 5.32 Å². The largest absolute Gasteiger partial charge is 0.395 e. The number of pyridine rings is 1. The standard InChI is InChI=1S/C16H23N3O2/c1-11(10-20)17-9-15(21)14-6-7-16(18-8-14)19-12(2)4-5-13(19)3/h4-8,11,15,17,20-21H,9-10H2,1-3H3. The number of nitrogens with zero attached hydrogens (tertiary/aromatic N) is 2. The molecule has 0 aromatic carbocycles. The van der Waals surface area contributed by atoms with Crippen LogP contribution in [0.25, 0.3) is 5.82 Å². The molecule has 2 unspecified atom stereocenters. The Morgan fingerprint density at radius 1 is 1.19 bits per heavy atom. The molecule has 2 rings (SSSR count). The SMILES string of the molecule is Cc1ccc(C)n1-c1ccc(C(O)CNC(C)CO)cn1. The van der Waals surface area contributed by atoms with Gasteiger partial charge in [-0.05, 0) is 39.0 Å². The Morgan fingerprint density at radius 2 is 1.86 bits per heavy atom. The molecule has 0 bridgehead atoms. The van der Waals surface area contributed by atoms with E-state index in [9.17, 15) is 5.11 Å². The van der Waals surface area contributed by atoms with E-state index in [1.54, 1.807) is 6.20 Å². The third-order valence-electron chi connectivity index (χ3n) is 3.59. The van der Waals surface area contributed by atoms with Crippen LogP contribution in [0.3, 0.4) is 0 Å². The van der Waals surface area contributed by atoms with Gasteiger partial charge in [0.1, 0.15) is 5.82 Å². The van der Waals surface area contributed by atoms with Crippen molar-refractivity contribution in [3.63, 3.8) is 0 Å². The molecule has 0 aliphatic carbocycles. The van der Waals surface area contributed by atoms with Gasteiger partial charge in [-0.3, -0.25) is 0 Å². The maximum atomic E-state index is 10.1. The lowest BCUT2D eigenvalue weighted by molar-refractivity contribution is 0.161. The zero-order chi connectivity index (χ0) is 15.4. The molecule has 0 amide bonds. The van der Waals surface area contributed by atoms with Gasteiger partial charge in [-0.1, -0.05) is 6.07 Å². The second-order valence-electron chi connectivity index (χ2n) is 5.41. The molecule has 0 aliphatic rings. The smallest absolute Gasteiger partial charge is 0.136 e. The molecular formula is C16H23N3O2. The van der Waals surface area contributed by atoms with Crippen LogP contribution in [-0.2, 0) is 0 Å². The second kappa shape index (κ2) is 6.85. The van der Waals surface area contributed by atoms with Gasteiger partial charge < -0.3 is 20.1 Å². The van der Waals surface area contributed by atoms with Gasteiger partial charge >= 0.3 is 0 Å². The Bertz CT molecular complexity index is 558. The minimum Gasteiger partial charge on any atom is -0.395 e. The number of nitrogens with one attached hydrogen (secondary N) is 1. The maximum absolute atomic E-state index is 10.1. The van der Waals surface area contributed by atoms with Gasteiger partial charge in [0.15, 0.2) is 0 Å². The minimum absolute atomic E-state index is 0.0305. The first-order valence-electron chi connectivity index (χ1n) is 7.16. The first kappa shape index (κ1) is 15.7. The van der Waals surface area contributed by atoms with Crippen molar-refractivity contribution in [3.8, 4) is 5.82 Å². The highest BCUT2D eigenvalue weighted by molar-refractivity contribution is 5.33. The molecule has 3 N–H and O–H groups in total. The average Bonchev–Trinajstić information content (AvgIpc) is 2.83. The number of hydrogen-bond donors (Lipinski definition) is 3. The zero-order valence-electron chi connectivity index (χ0n) is 12.7. The fourth-order valence-corrected chi connectivity index (χ4v) is 2.25. The van der Waals surface area contributed by atoms with Crippen molar-refractivity contribution in [2.45, 2.75) is 32.9 Å². The van der Waals surface area contributed by atoms with E-state index in [0.29, 0.717) is 6.54 Å². The Balaban J connectivity index is 2.08. The summed E-state index contributed by atoms with van der Waals surface area (Å²) in [5.41, 5.74) is 3.03. The highest BCUT2D eigenvalue weighted by atomic mass is 16.3. The number of hydrogen-bond acceptors (Lipinski definition) is 4. The van der Waals surface area contributed by atoms with Crippen LogP contribution in [0.4, 0.5) is 0 Å². The lowest BCUT2D eigenvalue weighted by Crippen LogP contribution is -2.32. The zero-order valence-corrected chi connectivity index (χ0v) is 12.7. The summed E-state index contributed by atoms with van der Waals surface area (Å²) in [6.45, 7) is 6.39. The molecule has 21 heavy (non-hydrogen) atoms. The number of rotatable bonds is 6. The van der Waals surface area contributed by atoms with E-state index in [4.69, 9.17) is 5.11 Å². The fourth-order valence-electron chi connectivity index (χ4n) is 2.25. The van der Waals surface area contributed by atoms with E-state index in [2.05, 4.69) is 27.0 Å². The summed E-state index contributed by atoms with van der Waals surface area (Å²) < 4.78 is 2.07. The molecule has 0 saturated heterocycles. The maximum Gasteiger partial charge on any atom is 0.136 e. The van der Waals surface area contributed by atoms with E-state index in [0.717, 1.165) is 22.8 Å². The van der Waals surface area contributed by atoms with E-state index < -0.39 is 6.10 Å². The van der Waals surface area contributed by atoms with Gasteiger partial charge in [0.25, 0.3) is 0 Å². The number of aliphatic hydroxyl groups is 2. The first-order valence-corrected chi connectivity index (χ1v) is 7.16.